The van der Waals surface area contributed by atoms with Gasteiger partial charge in [-0.3, -0.25) is 9.38 Å². The zero-order valence-corrected chi connectivity index (χ0v) is 15.5. The molecule has 3 aromatic heterocycles. The fraction of sp³-hybridized carbons (Fsp3) is 0.143. The van der Waals surface area contributed by atoms with Crippen molar-refractivity contribution < 1.29 is 17.6 Å². The Morgan fingerprint density at radius 2 is 1.66 bits per heavy atom. The number of fused-ring (bicyclic) bond motifs is 1. The van der Waals surface area contributed by atoms with Crippen molar-refractivity contribution in [3.8, 4) is 11.3 Å². The summed E-state index contributed by atoms with van der Waals surface area (Å²) in [6, 6.07) is 10.6. The average Bonchev–Trinajstić information content (AvgIpc) is 3.02. The van der Waals surface area contributed by atoms with Crippen molar-refractivity contribution in [2.75, 3.05) is 5.32 Å². The van der Waals surface area contributed by atoms with E-state index in [0.717, 1.165) is 27.8 Å². The molecule has 0 aliphatic carbocycles. The molecule has 0 saturated heterocycles. The highest BCUT2D eigenvalue weighted by Crippen LogP contribution is 2.38. The van der Waals surface area contributed by atoms with E-state index in [1.54, 1.807) is 0 Å². The van der Waals surface area contributed by atoms with Crippen LogP contribution in [0.25, 0.3) is 16.9 Å². The van der Waals surface area contributed by atoms with Crippen LogP contribution < -0.4 is 5.32 Å². The second-order valence-corrected chi connectivity index (χ2v) is 6.66. The van der Waals surface area contributed by atoms with Crippen molar-refractivity contribution in [3.05, 3.63) is 77.5 Å². The maximum atomic E-state index is 14.5. The molecule has 0 aliphatic rings. The molecule has 1 N–H and O–H groups in total. The molecule has 0 spiro atoms. The maximum absolute atomic E-state index is 14.5. The quantitative estimate of drug-likeness (QED) is 0.435. The summed E-state index contributed by atoms with van der Waals surface area (Å²) in [4.78, 5) is 8.02. The first kappa shape index (κ1) is 18.9. The van der Waals surface area contributed by atoms with E-state index in [1.165, 1.54) is 24.4 Å². The number of aromatic nitrogens is 3. The minimum absolute atomic E-state index is 0.0374. The van der Waals surface area contributed by atoms with E-state index < -0.39 is 17.7 Å². The number of nitrogens with zero attached hydrogens (tertiary/aromatic N) is 3. The summed E-state index contributed by atoms with van der Waals surface area (Å²) in [5.41, 5.74) is 1.60. The molecule has 4 rings (SSSR count). The molecule has 29 heavy (non-hydrogen) atoms. The van der Waals surface area contributed by atoms with Crippen molar-refractivity contribution in [2.24, 2.45) is 0 Å². The van der Waals surface area contributed by atoms with Crippen molar-refractivity contribution in [2.45, 2.75) is 20.0 Å². The van der Waals surface area contributed by atoms with Crippen LogP contribution in [0.4, 0.5) is 29.1 Å². The van der Waals surface area contributed by atoms with Crippen LogP contribution in [-0.2, 0) is 6.18 Å². The summed E-state index contributed by atoms with van der Waals surface area (Å²) in [5.74, 6) is -0.635. The molecule has 0 radical (unpaired) electrons. The van der Waals surface area contributed by atoms with Crippen LogP contribution >= 0.6 is 0 Å². The molecule has 0 fully saturated rings. The van der Waals surface area contributed by atoms with E-state index in [9.17, 15) is 17.6 Å². The van der Waals surface area contributed by atoms with Gasteiger partial charge in [-0.15, -0.1) is 0 Å². The Kier molecular flexibility index (Phi) is 4.49. The van der Waals surface area contributed by atoms with E-state index in [2.05, 4.69) is 15.3 Å². The zero-order chi connectivity index (χ0) is 20.8. The standard InChI is InChI=1S/C21H16F4N4/c1-12-5-3-6-13(2)18(12)28-20-19(14-9-10-26-11-15(14)22)27-17-8-4-7-16(29(17)20)21(23,24)25/h3-11,28H,1-2H3. The fourth-order valence-electron chi connectivity index (χ4n) is 3.31. The molecular weight excluding hydrogens is 384 g/mol. The molecule has 0 aliphatic heterocycles. The Morgan fingerprint density at radius 3 is 2.31 bits per heavy atom. The highest BCUT2D eigenvalue weighted by atomic mass is 19.4. The van der Waals surface area contributed by atoms with Gasteiger partial charge in [-0.2, -0.15) is 13.2 Å². The lowest BCUT2D eigenvalue weighted by Crippen LogP contribution is -2.13. The average molecular weight is 400 g/mol. The second-order valence-electron chi connectivity index (χ2n) is 6.66. The first-order chi connectivity index (χ1) is 13.8. The third kappa shape index (κ3) is 3.30. The molecule has 8 heteroatoms. The van der Waals surface area contributed by atoms with Crippen molar-refractivity contribution in [3.63, 3.8) is 0 Å². The Bertz CT molecular complexity index is 1190. The van der Waals surface area contributed by atoms with Gasteiger partial charge < -0.3 is 5.32 Å². The van der Waals surface area contributed by atoms with E-state index in [4.69, 9.17) is 0 Å². The number of nitrogens with one attached hydrogen (secondary N) is 1. The molecule has 148 valence electrons. The normalized spacial score (nSPS) is 11.8. The number of imidazole rings is 1. The van der Waals surface area contributed by atoms with Gasteiger partial charge in [0, 0.05) is 17.4 Å². The van der Waals surface area contributed by atoms with Crippen molar-refractivity contribution >= 4 is 17.2 Å². The summed E-state index contributed by atoms with van der Waals surface area (Å²) in [5, 5.41) is 3.08. The lowest BCUT2D eigenvalue weighted by atomic mass is 10.1. The number of rotatable bonds is 3. The smallest absolute Gasteiger partial charge is 0.339 e. The molecule has 1 aromatic carbocycles. The summed E-state index contributed by atoms with van der Waals surface area (Å²) in [6.07, 6.45) is -2.24. The van der Waals surface area contributed by atoms with Crippen LogP contribution in [0.5, 0.6) is 0 Å². The third-order valence-electron chi connectivity index (χ3n) is 4.69. The minimum Gasteiger partial charge on any atom is -0.339 e. The van der Waals surface area contributed by atoms with Gasteiger partial charge in [-0.1, -0.05) is 24.3 Å². The van der Waals surface area contributed by atoms with E-state index in [-0.39, 0.29) is 22.7 Å². The summed E-state index contributed by atoms with van der Waals surface area (Å²) in [6.45, 7) is 3.69. The summed E-state index contributed by atoms with van der Waals surface area (Å²) < 4.78 is 56.6. The first-order valence-electron chi connectivity index (χ1n) is 8.79. The number of benzene rings is 1. The summed E-state index contributed by atoms with van der Waals surface area (Å²) in [7, 11) is 0. The summed E-state index contributed by atoms with van der Waals surface area (Å²) >= 11 is 0. The molecule has 0 bridgehead atoms. The lowest BCUT2D eigenvalue weighted by Gasteiger charge is -2.16. The van der Waals surface area contributed by atoms with Gasteiger partial charge in [-0.25, -0.2) is 9.37 Å². The number of hydrogen-bond acceptors (Lipinski definition) is 3. The number of anilines is 2. The molecule has 0 amide bonds. The van der Waals surface area contributed by atoms with Gasteiger partial charge in [0.05, 0.1) is 6.20 Å². The van der Waals surface area contributed by atoms with Gasteiger partial charge >= 0.3 is 6.18 Å². The second kappa shape index (κ2) is 6.88. The number of alkyl halides is 3. The molecule has 0 saturated carbocycles. The van der Waals surface area contributed by atoms with Crippen LogP contribution in [0.15, 0.2) is 54.9 Å². The molecular formula is C21H16F4N4. The van der Waals surface area contributed by atoms with E-state index in [1.807, 2.05) is 32.0 Å². The largest absolute Gasteiger partial charge is 0.431 e. The predicted octanol–water partition coefficient (Wildman–Crippen LogP) is 5.91. The van der Waals surface area contributed by atoms with Crippen molar-refractivity contribution in [1.82, 2.24) is 14.4 Å². The van der Waals surface area contributed by atoms with Gasteiger partial charge in [0.2, 0.25) is 0 Å². The molecule has 4 nitrogen and oxygen atoms in total. The number of halogens is 4. The zero-order valence-electron chi connectivity index (χ0n) is 15.5. The molecule has 3 heterocycles. The van der Waals surface area contributed by atoms with Gasteiger partial charge in [0.25, 0.3) is 0 Å². The van der Waals surface area contributed by atoms with Crippen LogP contribution in [0.2, 0.25) is 0 Å². The molecule has 4 aromatic rings. The third-order valence-corrected chi connectivity index (χ3v) is 4.69. The maximum Gasteiger partial charge on any atom is 0.431 e. The van der Waals surface area contributed by atoms with E-state index in [0.29, 0.717) is 5.69 Å². The monoisotopic (exact) mass is 400 g/mol. The van der Waals surface area contributed by atoms with E-state index >= 15 is 0 Å². The number of para-hydroxylation sites is 1. The number of hydrogen-bond donors (Lipinski definition) is 1. The minimum atomic E-state index is -4.62. The van der Waals surface area contributed by atoms with Gasteiger partial charge in [0.1, 0.15) is 22.9 Å². The Labute approximate surface area is 163 Å². The highest BCUT2D eigenvalue weighted by molar-refractivity contribution is 5.81. The topological polar surface area (TPSA) is 42.2 Å². The lowest BCUT2D eigenvalue weighted by molar-refractivity contribution is -0.141. The molecule has 0 unspecified atom stereocenters. The molecule has 0 atom stereocenters. The SMILES string of the molecule is Cc1cccc(C)c1Nc1c(-c2ccncc2F)nc2cccc(C(F)(F)F)n12. The van der Waals surface area contributed by atoms with Crippen LogP contribution in [-0.4, -0.2) is 14.4 Å². The predicted molar refractivity (Wildman–Crippen MR) is 103 cm³/mol. The first-order valence-corrected chi connectivity index (χ1v) is 8.79. The van der Waals surface area contributed by atoms with Crippen LogP contribution in [0, 0.1) is 19.7 Å². The van der Waals surface area contributed by atoms with Gasteiger partial charge in [-0.05, 0) is 43.2 Å². The fourth-order valence-corrected chi connectivity index (χ4v) is 3.31. The number of pyridine rings is 2. The Morgan fingerprint density at radius 1 is 0.966 bits per heavy atom. The van der Waals surface area contributed by atoms with Crippen molar-refractivity contribution in [1.29, 1.82) is 0 Å². The Hall–Kier alpha value is -3.42. The van der Waals surface area contributed by atoms with Gasteiger partial charge in [0.15, 0.2) is 5.82 Å². The number of aryl methyl sites for hydroxylation is 2. The Balaban J connectivity index is 2.06. The van der Waals surface area contributed by atoms with Crippen LogP contribution in [0.1, 0.15) is 16.8 Å². The highest BCUT2D eigenvalue weighted by Gasteiger charge is 2.35. The van der Waals surface area contributed by atoms with Crippen LogP contribution in [0.3, 0.4) is 0 Å².